The number of nitrogens with one attached hydrogen (secondary N) is 3. The van der Waals surface area contributed by atoms with Crippen LogP contribution in [0.5, 0.6) is 0 Å². The zero-order valence-electron chi connectivity index (χ0n) is 17.4. The minimum atomic E-state index is -4.25. The summed E-state index contributed by atoms with van der Waals surface area (Å²) < 4.78 is 30.8. The van der Waals surface area contributed by atoms with Gasteiger partial charge in [0.1, 0.15) is 21.5 Å². The van der Waals surface area contributed by atoms with E-state index in [-0.39, 0.29) is 4.90 Å². The maximum absolute atomic E-state index is 10.3. The van der Waals surface area contributed by atoms with Gasteiger partial charge in [0.2, 0.25) is 0 Å². The second-order valence-corrected chi connectivity index (χ2v) is 9.88. The smallest absolute Gasteiger partial charge is 0.132 e. The van der Waals surface area contributed by atoms with Crippen molar-refractivity contribution in [2.75, 3.05) is 33.5 Å². The van der Waals surface area contributed by atoms with Crippen molar-refractivity contribution in [1.29, 1.82) is 0 Å². The van der Waals surface area contributed by atoms with E-state index in [9.17, 15) is 13.0 Å². The monoisotopic (exact) mass is 444 g/mol. The lowest BCUT2D eigenvalue weighted by Gasteiger charge is -2.22. The molecule has 3 aromatic carbocycles. The van der Waals surface area contributed by atoms with Crippen LogP contribution in [0.25, 0.3) is 0 Å². The summed E-state index contributed by atoms with van der Waals surface area (Å²) in [6, 6.07) is 20.5. The van der Waals surface area contributed by atoms with E-state index >= 15 is 0 Å². The molecule has 0 atom stereocenters. The van der Waals surface area contributed by atoms with E-state index in [1.54, 1.807) is 6.07 Å². The maximum atomic E-state index is 10.3. The highest BCUT2D eigenvalue weighted by Crippen LogP contribution is 2.45. The van der Waals surface area contributed by atoms with Crippen molar-refractivity contribution in [3.05, 3.63) is 66.7 Å². The number of fused-ring (bicyclic) bond motifs is 2. The van der Waals surface area contributed by atoms with E-state index in [1.807, 2.05) is 11.8 Å². The van der Waals surface area contributed by atoms with E-state index in [4.69, 9.17) is 0 Å². The van der Waals surface area contributed by atoms with Crippen molar-refractivity contribution < 1.29 is 22.8 Å². The molecule has 1 heterocycles. The van der Waals surface area contributed by atoms with Gasteiger partial charge in [0.15, 0.2) is 0 Å². The SMILES string of the molecule is C[NH+](C)c1ccc2c(c1)Sc1cc([NH+](C)C)ccc1N2.O=S(=O)([O-])c1ccccc1. The van der Waals surface area contributed by atoms with Crippen molar-refractivity contribution in [3.63, 3.8) is 0 Å². The average Bonchev–Trinajstić information content (AvgIpc) is 2.71. The fourth-order valence-electron chi connectivity index (χ4n) is 2.89. The normalized spacial score (nSPS) is 12.5. The van der Waals surface area contributed by atoms with E-state index < -0.39 is 10.1 Å². The van der Waals surface area contributed by atoms with E-state index in [0.29, 0.717) is 0 Å². The van der Waals surface area contributed by atoms with Crippen molar-refractivity contribution in [2.45, 2.75) is 14.7 Å². The van der Waals surface area contributed by atoms with Gasteiger partial charge >= 0.3 is 0 Å². The predicted octanol–water partition coefficient (Wildman–Crippen LogP) is 2.04. The molecule has 3 aromatic rings. The molecule has 0 aromatic heterocycles. The Kier molecular flexibility index (Phi) is 6.84. The average molecular weight is 445 g/mol. The molecule has 1 aliphatic rings. The molecule has 0 spiro atoms. The molecule has 0 bridgehead atoms. The third-order valence-electron chi connectivity index (χ3n) is 4.64. The van der Waals surface area contributed by atoms with Crippen LogP contribution >= 0.6 is 11.8 Å². The molecule has 0 saturated heterocycles. The Balaban J connectivity index is 0.000000216. The first-order valence-electron chi connectivity index (χ1n) is 9.50. The van der Waals surface area contributed by atoms with E-state index in [1.165, 1.54) is 66.6 Å². The van der Waals surface area contributed by atoms with Crippen LogP contribution in [0.2, 0.25) is 0 Å². The van der Waals surface area contributed by atoms with Crippen LogP contribution in [0.3, 0.4) is 0 Å². The second-order valence-electron chi connectivity index (χ2n) is 7.42. The molecule has 0 unspecified atom stereocenters. The van der Waals surface area contributed by atoms with Gasteiger partial charge < -0.3 is 19.7 Å². The Labute approximate surface area is 182 Å². The highest BCUT2D eigenvalue weighted by atomic mass is 32.2. The number of benzene rings is 3. The van der Waals surface area contributed by atoms with E-state index in [0.717, 1.165) is 0 Å². The molecule has 6 nitrogen and oxygen atoms in total. The van der Waals surface area contributed by atoms with Gasteiger partial charge in [-0.05, 0) is 24.3 Å². The first-order chi connectivity index (χ1) is 14.1. The molecule has 0 saturated carbocycles. The number of anilines is 2. The molecule has 0 amide bonds. The van der Waals surface area contributed by atoms with Crippen LogP contribution in [0.15, 0.2) is 81.4 Å². The minimum Gasteiger partial charge on any atom is -0.744 e. The fraction of sp³-hybridized carbons (Fsp3) is 0.182. The zero-order valence-corrected chi connectivity index (χ0v) is 19.0. The van der Waals surface area contributed by atoms with Gasteiger partial charge in [-0.15, -0.1) is 0 Å². The van der Waals surface area contributed by atoms with Gasteiger partial charge in [-0.3, -0.25) is 0 Å². The predicted molar refractivity (Wildman–Crippen MR) is 120 cm³/mol. The van der Waals surface area contributed by atoms with Crippen LogP contribution in [0, 0.1) is 0 Å². The third kappa shape index (κ3) is 5.41. The van der Waals surface area contributed by atoms with Crippen molar-refractivity contribution in [3.8, 4) is 0 Å². The molecule has 0 aliphatic carbocycles. The van der Waals surface area contributed by atoms with Gasteiger partial charge in [-0.1, -0.05) is 30.0 Å². The lowest BCUT2D eigenvalue weighted by molar-refractivity contribution is -0.786. The van der Waals surface area contributed by atoms with Crippen LogP contribution < -0.4 is 15.1 Å². The van der Waals surface area contributed by atoms with Gasteiger partial charge in [-0.2, -0.15) is 0 Å². The van der Waals surface area contributed by atoms with Crippen molar-refractivity contribution in [2.24, 2.45) is 0 Å². The van der Waals surface area contributed by atoms with Crippen LogP contribution in [0.1, 0.15) is 0 Å². The molecule has 4 rings (SSSR count). The van der Waals surface area contributed by atoms with Gasteiger partial charge in [-0.25, -0.2) is 8.42 Å². The maximum Gasteiger partial charge on any atom is 0.132 e. The lowest BCUT2D eigenvalue weighted by atomic mass is 10.2. The summed E-state index contributed by atoms with van der Waals surface area (Å²) in [4.78, 5) is 5.13. The first-order valence-corrected chi connectivity index (χ1v) is 11.7. The molecule has 0 fully saturated rings. The van der Waals surface area contributed by atoms with Gasteiger partial charge in [0.05, 0.1) is 44.5 Å². The van der Waals surface area contributed by atoms with Crippen LogP contribution in [-0.2, 0) is 10.1 Å². The Morgan fingerprint density at radius 3 is 1.60 bits per heavy atom. The number of hydrogen-bond donors (Lipinski definition) is 3. The molecule has 1 aliphatic heterocycles. The Bertz CT molecular complexity index is 1080. The number of rotatable bonds is 3. The summed E-state index contributed by atoms with van der Waals surface area (Å²) in [6.07, 6.45) is 0. The summed E-state index contributed by atoms with van der Waals surface area (Å²) >= 11 is 1.86. The Morgan fingerprint density at radius 1 is 0.767 bits per heavy atom. The quantitative estimate of drug-likeness (QED) is 0.422. The highest BCUT2D eigenvalue weighted by Gasteiger charge is 2.19. The standard InChI is InChI=1S/C16H19N3S.C6H6O3S/c1-18(2)11-5-7-13-15(9-11)20-16-10-12(19(3)4)6-8-14(16)17-13;7-10(8,9)6-4-2-1-3-5-6/h5-10,17H,1-4H3;1-5H,(H,7,8,9)/p+1. The topological polar surface area (TPSA) is 78.1 Å². The summed E-state index contributed by atoms with van der Waals surface area (Å²) in [5, 5.41) is 3.53. The number of hydrogen-bond acceptors (Lipinski definition) is 5. The minimum absolute atomic E-state index is 0.185. The van der Waals surface area contributed by atoms with Gasteiger partial charge in [0, 0.05) is 34.1 Å². The Morgan fingerprint density at radius 2 is 1.23 bits per heavy atom. The van der Waals surface area contributed by atoms with Crippen LogP contribution in [-0.4, -0.2) is 41.2 Å². The molecule has 8 heteroatoms. The third-order valence-corrected chi connectivity index (χ3v) is 6.60. The molecule has 30 heavy (non-hydrogen) atoms. The van der Waals surface area contributed by atoms with E-state index in [2.05, 4.69) is 69.9 Å². The summed E-state index contributed by atoms with van der Waals surface area (Å²) in [5.41, 5.74) is 5.04. The second kappa shape index (κ2) is 9.20. The molecule has 0 radical (unpaired) electrons. The fourth-order valence-corrected chi connectivity index (χ4v) is 4.45. The van der Waals surface area contributed by atoms with Crippen molar-refractivity contribution >= 4 is 44.6 Å². The molecule has 158 valence electrons. The molecular formula is C22H26N3O3S2+. The van der Waals surface area contributed by atoms with Crippen LogP contribution in [0.4, 0.5) is 22.7 Å². The van der Waals surface area contributed by atoms with Crippen molar-refractivity contribution in [1.82, 2.24) is 0 Å². The highest BCUT2D eigenvalue weighted by molar-refractivity contribution is 7.99. The number of quaternary nitrogens is 2. The first kappa shape index (κ1) is 22.3. The summed E-state index contributed by atoms with van der Waals surface area (Å²) in [6.45, 7) is 0. The zero-order chi connectivity index (χ0) is 21.9. The lowest BCUT2D eigenvalue weighted by Crippen LogP contribution is -3.00. The molecular weight excluding hydrogens is 418 g/mol. The Hall–Kier alpha value is -2.36. The summed E-state index contributed by atoms with van der Waals surface area (Å²) in [7, 11) is 4.37. The molecule has 3 N–H and O–H groups in total. The summed E-state index contributed by atoms with van der Waals surface area (Å²) in [5.74, 6) is 0. The largest absolute Gasteiger partial charge is 0.744 e. The van der Waals surface area contributed by atoms with Gasteiger partial charge in [0.25, 0.3) is 0 Å².